The van der Waals surface area contributed by atoms with Crippen molar-refractivity contribution in [3.63, 3.8) is 0 Å². The van der Waals surface area contributed by atoms with Crippen molar-refractivity contribution in [1.29, 1.82) is 0 Å². The molecule has 0 aliphatic heterocycles. The third kappa shape index (κ3) is 4.62. The maximum absolute atomic E-state index is 12.0. The number of carbonyl (C=O) groups excluding carboxylic acids is 1. The van der Waals surface area contributed by atoms with Gasteiger partial charge in [-0.05, 0) is 31.5 Å². The van der Waals surface area contributed by atoms with Crippen molar-refractivity contribution in [1.82, 2.24) is 5.43 Å². The predicted molar refractivity (Wildman–Crippen MR) is 91.0 cm³/mol. The van der Waals surface area contributed by atoms with E-state index in [0.717, 1.165) is 22.6 Å². The molecule has 0 aliphatic carbocycles. The van der Waals surface area contributed by atoms with Crippen LogP contribution in [0, 0.1) is 17.0 Å². The molecule has 2 aromatic rings. The van der Waals surface area contributed by atoms with Gasteiger partial charge in [-0.15, -0.1) is 0 Å². The molecule has 0 saturated heterocycles. The van der Waals surface area contributed by atoms with Crippen molar-refractivity contribution in [2.45, 2.75) is 19.9 Å². The standard InChI is InChI=1S/C15H16N4O3S/c1-10-5-3-4-6-13(10)17-11(2)15(20)18-16-9-12-7-8-14(23-12)19(21)22/h3-9,11,17H,1-2H3,(H,18,20)/b16-9-/t11-/m0/s1. The van der Waals surface area contributed by atoms with E-state index in [1.54, 1.807) is 13.0 Å². The number of hydrogen-bond donors (Lipinski definition) is 2. The van der Waals surface area contributed by atoms with E-state index in [4.69, 9.17) is 0 Å². The Bertz CT molecular complexity index is 742. The van der Waals surface area contributed by atoms with Crippen molar-refractivity contribution in [2.24, 2.45) is 5.10 Å². The van der Waals surface area contributed by atoms with Gasteiger partial charge in [0.1, 0.15) is 6.04 Å². The van der Waals surface area contributed by atoms with E-state index in [-0.39, 0.29) is 10.9 Å². The van der Waals surface area contributed by atoms with Gasteiger partial charge >= 0.3 is 5.00 Å². The van der Waals surface area contributed by atoms with Gasteiger partial charge < -0.3 is 5.32 Å². The molecule has 0 bridgehead atoms. The molecule has 1 atom stereocenters. The van der Waals surface area contributed by atoms with Crippen LogP contribution in [0.3, 0.4) is 0 Å². The summed E-state index contributed by atoms with van der Waals surface area (Å²) in [6, 6.07) is 10.2. The highest BCUT2D eigenvalue weighted by molar-refractivity contribution is 7.16. The molecule has 2 N–H and O–H groups in total. The van der Waals surface area contributed by atoms with Crippen molar-refractivity contribution in [3.05, 3.63) is 57.0 Å². The largest absolute Gasteiger partial charge is 0.374 e. The molecule has 7 nitrogen and oxygen atoms in total. The zero-order valence-corrected chi connectivity index (χ0v) is 13.5. The zero-order chi connectivity index (χ0) is 16.8. The molecular formula is C15H16N4O3S. The molecule has 120 valence electrons. The molecule has 0 fully saturated rings. The Morgan fingerprint density at radius 1 is 1.35 bits per heavy atom. The summed E-state index contributed by atoms with van der Waals surface area (Å²) < 4.78 is 0. The first-order chi connectivity index (χ1) is 11.0. The van der Waals surface area contributed by atoms with Crippen molar-refractivity contribution >= 4 is 34.1 Å². The number of anilines is 1. The first-order valence-corrected chi connectivity index (χ1v) is 7.68. The summed E-state index contributed by atoms with van der Waals surface area (Å²) in [6.45, 7) is 3.68. The average Bonchev–Trinajstić information content (AvgIpc) is 2.98. The highest BCUT2D eigenvalue weighted by Crippen LogP contribution is 2.22. The van der Waals surface area contributed by atoms with Crippen LogP contribution >= 0.6 is 11.3 Å². The number of carbonyl (C=O) groups is 1. The van der Waals surface area contributed by atoms with Gasteiger partial charge in [-0.1, -0.05) is 29.5 Å². The number of aryl methyl sites for hydroxylation is 1. The topological polar surface area (TPSA) is 96.6 Å². The molecular weight excluding hydrogens is 316 g/mol. The van der Waals surface area contributed by atoms with Crippen LogP contribution in [0.1, 0.15) is 17.4 Å². The fourth-order valence-electron chi connectivity index (χ4n) is 1.80. The molecule has 1 amide bonds. The maximum atomic E-state index is 12.0. The lowest BCUT2D eigenvalue weighted by Gasteiger charge is -2.15. The van der Waals surface area contributed by atoms with Gasteiger partial charge in [0.15, 0.2) is 0 Å². The Hall–Kier alpha value is -2.74. The molecule has 1 heterocycles. The second-order valence-electron chi connectivity index (χ2n) is 4.85. The van der Waals surface area contributed by atoms with E-state index in [1.165, 1.54) is 12.3 Å². The molecule has 0 aliphatic rings. The summed E-state index contributed by atoms with van der Waals surface area (Å²) in [4.78, 5) is 22.7. The minimum absolute atomic E-state index is 0.0346. The molecule has 0 spiro atoms. The molecule has 0 unspecified atom stereocenters. The fraction of sp³-hybridized carbons (Fsp3) is 0.200. The Morgan fingerprint density at radius 3 is 2.74 bits per heavy atom. The monoisotopic (exact) mass is 332 g/mol. The summed E-state index contributed by atoms with van der Waals surface area (Å²) in [6.07, 6.45) is 1.38. The molecule has 1 aromatic heterocycles. The summed E-state index contributed by atoms with van der Waals surface area (Å²) in [5.41, 5.74) is 4.34. The zero-order valence-electron chi connectivity index (χ0n) is 12.6. The first kappa shape index (κ1) is 16.6. The molecule has 8 heteroatoms. The van der Waals surface area contributed by atoms with Crippen molar-refractivity contribution < 1.29 is 9.72 Å². The highest BCUT2D eigenvalue weighted by Gasteiger charge is 2.13. The second-order valence-corrected chi connectivity index (χ2v) is 5.94. The summed E-state index contributed by atoms with van der Waals surface area (Å²) in [5, 5.41) is 17.5. The fourth-order valence-corrected chi connectivity index (χ4v) is 2.49. The number of nitrogens with zero attached hydrogens (tertiary/aromatic N) is 2. The minimum Gasteiger partial charge on any atom is -0.374 e. The van der Waals surface area contributed by atoms with Crippen LogP contribution in [-0.4, -0.2) is 23.1 Å². The minimum atomic E-state index is -0.467. The lowest BCUT2D eigenvalue weighted by molar-refractivity contribution is -0.380. The summed E-state index contributed by atoms with van der Waals surface area (Å²) in [7, 11) is 0. The van der Waals surface area contributed by atoms with Gasteiger partial charge in [0, 0.05) is 11.8 Å². The Morgan fingerprint density at radius 2 is 2.09 bits per heavy atom. The number of para-hydroxylation sites is 1. The van der Waals surface area contributed by atoms with Crippen molar-refractivity contribution in [3.8, 4) is 0 Å². The van der Waals surface area contributed by atoms with Crippen LogP contribution in [0.2, 0.25) is 0 Å². The highest BCUT2D eigenvalue weighted by atomic mass is 32.1. The lowest BCUT2D eigenvalue weighted by Crippen LogP contribution is -2.35. The van der Waals surface area contributed by atoms with Gasteiger partial charge in [-0.2, -0.15) is 5.10 Å². The number of hydrazone groups is 1. The van der Waals surface area contributed by atoms with E-state index < -0.39 is 11.0 Å². The molecule has 0 radical (unpaired) electrons. The predicted octanol–water partition coefficient (Wildman–Crippen LogP) is 2.92. The molecule has 1 aromatic carbocycles. The Labute approximate surface area is 137 Å². The quantitative estimate of drug-likeness (QED) is 0.483. The van der Waals surface area contributed by atoms with Crippen LogP contribution < -0.4 is 10.7 Å². The average molecular weight is 332 g/mol. The smallest absolute Gasteiger partial charge is 0.324 e. The first-order valence-electron chi connectivity index (χ1n) is 6.86. The number of rotatable bonds is 6. The number of nitrogens with one attached hydrogen (secondary N) is 2. The molecule has 23 heavy (non-hydrogen) atoms. The summed E-state index contributed by atoms with van der Waals surface area (Å²) >= 11 is 0.990. The van der Waals surface area contributed by atoms with Gasteiger partial charge in [0.25, 0.3) is 5.91 Å². The van der Waals surface area contributed by atoms with Gasteiger partial charge in [-0.25, -0.2) is 5.43 Å². The van der Waals surface area contributed by atoms with Gasteiger partial charge in [0.2, 0.25) is 0 Å². The summed E-state index contributed by atoms with van der Waals surface area (Å²) in [5.74, 6) is -0.296. The number of nitro groups is 1. The second kappa shape index (κ2) is 7.50. The number of amides is 1. The maximum Gasteiger partial charge on any atom is 0.324 e. The number of hydrogen-bond acceptors (Lipinski definition) is 6. The number of thiophene rings is 1. The molecule has 0 saturated carbocycles. The van der Waals surface area contributed by atoms with E-state index >= 15 is 0 Å². The van der Waals surface area contributed by atoms with Gasteiger partial charge in [0.05, 0.1) is 16.0 Å². The van der Waals surface area contributed by atoms with Crippen LogP contribution in [0.25, 0.3) is 0 Å². The van der Waals surface area contributed by atoms with E-state index in [0.29, 0.717) is 4.88 Å². The lowest BCUT2D eigenvalue weighted by atomic mass is 10.2. The SMILES string of the molecule is Cc1ccccc1N[C@@H](C)C(=O)N/N=C\c1ccc([N+](=O)[O-])s1. The van der Waals surface area contributed by atoms with Crippen molar-refractivity contribution in [2.75, 3.05) is 5.32 Å². The third-order valence-corrected chi connectivity index (χ3v) is 4.04. The van der Waals surface area contributed by atoms with Crippen LogP contribution in [0.4, 0.5) is 10.7 Å². The molecule has 2 rings (SSSR count). The van der Waals surface area contributed by atoms with E-state index in [1.807, 2.05) is 31.2 Å². The normalized spacial score (nSPS) is 12.1. The van der Waals surface area contributed by atoms with Crippen LogP contribution in [0.5, 0.6) is 0 Å². The van der Waals surface area contributed by atoms with Crippen LogP contribution in [0.15, 0.2) is 41.5 Å². The van der Waals surface area contributed by atoms with E-state index in [2.05, 4.69) is 15.8 Å². The van der Waals surface area contributed by atoms with E-state index in [9.17, 15) is 14.9 Å². The van der Waals surface area contributed by atoms with Crippen LogP contribution in [-0.2, 0) is 4.79 Å². The number of benzene rings is 1. The third-order valence-electron chi connectivity index (χ3n) is 3.07. The Balaban J connectivity index is 1.89. The van der Waals surface area contributed by atoms with Gasteiger partial charge in [-0.3, -0.25) is 14.9 Å². The Kier molecular flexibility index (Phi) is 5.42.